The first-order valence-electron chi connectivity index (χ1n) is 8.74. The fraction of sp³-hybridized carbons (Fsp3) is 0.238. The number of carbonyl (C=O) groups excluding carboxylic acids is 2. The van der Waals surface area contributed by atoms with Crippen molar-refractivity contribution in [3.63, 3.8) is 0 Å². The third-order valence-electron chi connectivity index (χ3n) is 4.60. The van der Waals surface area contributed by atoms with Crippen LogP contribution in [0, 0.1) is 12.3 Å². The molecule has 0 bridgehead atoms. The summed E-state index contributed by atoms with van der Waals surface area (Å²) in [5.41, 5.74) is 9.59. The van der Waals surface area contributed by atoms with E-state index in [9.17, 15) is 9.59 Å². The number of hydrogen-bond donors (Lipinski definition) is 2. The molecule has 3 rings (SSSR count). The van der Waals surface area contributed by atoms with Gasteiger partial charge in [-0.2, -0.15) is 4.99 Å². The van der Waals surface area contributed by atoms with Crippen LogP contribution in [0.4, 0.5) is 0 Å². The van der Waals surface area contributed by atoms with Gasteiger partial charge in [0.25, 0.3) is 11.8 Å². The van der Waals surface area contributed by atoms with Crippen LogP contribution in [0.3, 0.4) is 0 Å². The topological polar surface area (TPSA) is 99.6 Å². The Bertz CT molecular complexity index is 927. The maximum atomic E-state index is 12.9. The van der Waals surface area contributed by atoms with Gasteiger partial charge in [0.1, 0.15) is 6.04 Å². The van der Waals surface area contributed by atoms with E-state index >= 15 is 0 Å². The van der Waals surface area contributed by atoms with E-state index in [1.807, 2.05) is 43.3 Å². The quantitative estimate of drug-likeness (QED) is 0.648. The Morgan fingerprint density at radius 2 is 1.81 bits per heavy atom. The zero-order chi connectivity index (χ0) is 19.6. The van der Waals surface area contributed by atoms with Gasteiger partial charge in [-0.05, 0) is 42.7 Å². The molecular weight excluding hydrogens is 340 g/mol. The van der Waals surface area contributed by atoms with E-state index < -0.39 is 11.9 Å². The molecule has 2 aromatic carbocycles. The van der Waals surface area contributed by atoms with Gasteiger partial charge in [-0.1, -0.05) is 36.4 Å². The van der Waals surface area contributed by atoms with Crippen LogP contribution < -0.4 is 5.73 Å². The van der Waals surface area contributed by atoms with E-state index in [2.05, 4.69) is 4.99 Å². The fourth-order valence-corrected chi connectivity index (χ4v) is 3.26. The van der Waals surface area contributed by atoms with Gasteiger partial charge in [-0.3, -0.25) is 9.59 Å². The van der Waals surface area contributed by atoms with Crippen molar-refractivity contribution in [3.05, 3.63) is 59.7 Å². The zero-order valence-corrected chi connectivity index (χ0v) is 15.4. The van der Waals surface area contributed by atoms with E-state index in [1.54, 1.807) is 12.1 Å². The Labute approximate surface area is 158 Å². The first-order valence-corrected chi connectivity index (χ1v) is 8.74. The predicted molar refractivity (Wildman–Crippen MR) is 106 cm³/mol. The minimum absolute atomic E-state index is 0.133. The van der Waals surface area contributed by atoms with E-state index in [4.69, 9.17) is 11.1 Å². The average molecular weight is 362 g/mol. The summed E-state index contributed by atoms with van der Waals surface area (Å²) in [5.74, 6) is -0.618. The monoisotopic (exact) mass is 362 g/mol. The molecule has 2 amide bonds. The molecule has 2 aromatic rings. The molecule has 0 spiro atoms. The molecule has 1 aliphatic rings. The Morgan fingerprint density at radius 3 is 2.44 bits per heavy atom. The number of benzene rings is 2. The van der Waals surface area contributed by atoms with Gasteiger partial charge in [-0.15, -0.1) is 0 Å². The Kier molecular flexibility index (Phi) is 5.16. The minimum atomic E-state index is -0.764. The number of nitrogens with one attached hydrogen (secondary N) is 1. The highest BCUT2D eigenvalue weighted by Gasteiger charge is 2.37. The van der Waals surface area contributed by atoms with Crippen LogP contribution in [-0.2, 0) is 4.79 Å². The lowest BCUT2D eigenvalue weighted by molar-refractivity contribution is -0.121. The average Bonchev–Trinajstić information content (AvgIpc) is 3.03. The number of aryl methyl sites for hydroxylation is 1. The Morgan fingerprint density at radius 1 is 1.15 bits per heavy atom. The number of rotatable bonds is 3. The van der Waals surface area contributed by atoms with Crippen molar-refractivity contribution in [1.29, 1.82) is 5.41 Å². The fourth-order valence-electron chi connectivity index (χ4n) is 3.26. The van der Waals surface area contributed by atoms with Crippen molar-refractivity contribution in [3.8, 4) is 11.1 Å². The minimum Gasteiger partial charge on any atom is -0.387 e. The molecule has 1 atom stereocenters. The van der Waals surface area contributed by atoms with Crippen molar-refractivity contribution < 1.29 is 9.59 Å². The Hall–Kier alpha value is -3.28. The molecule has 0 radical (unpaired) electrons. The van der Waals surface area contributed by atoms with Crippen LogP contribution in [0.2, 0.25) is 0 Å². The summed E-state index contributed by atoms with van der Waals surface area (Å²) >= 11 is 0. The number of aliphatic imine (C=N–C) groups is 1. The van der Waals surface area contributed by atoms with Gasteiger partial charge >= 0.3 is 0 Å². The lowest BCUT2D eigenvalue weighted by atomic mass is 9.99. The smallest absolute Gasteiger partial charge is 0.270 e. The van der Waals surface area contributed by atoms with Crippen molar-refractivity contribution in [2.45, 2.75) is 26.3 Å². The van der Waals surface area contributed by atoms with Crippen LogP contribution in [0.25, 0.3) is 11.1 Å². The second-order valence-electron chi connectivity index (χ2n) is 6.74. The molecule has 6 heteroatoms. The molecule has 0 saturated carbocycles. The van der Waals surface area contributed by atoms with E-state index in [0.717, 1.165) is 16.7 Å². The highest BCUT2D eigenvalue weighted by Crippen LogP contribution is 2.25. The number of nitrogens with zero attached hydrogens (tertiary/aromatic N) is 2. The van der Waals surface area contributed by atoms with Crippen molar-refractivity contribution >= 4 is 23.4 Å². The number of likely N-dealkylation sites (tertiary alicyclic amines) is 1. The molecule has 138 valence electrons. The number of hydrogen-bond acceptors (Lipinski definition) is 3. The van der Waals surface area contributed by atoms with Crippen LogP contribution >= 0.6 is 0 Å². The number of amidine groups is 1. The van der Waals surface area contributed by atoms with Crippen LogP contribution in [0.1, 0.15) is 29.3 Å². The van der Waals surface area contributed by atoms with Crippen LogP contribution in [-0.4, -0.2) is 40.8 Å². The van der Waals surface area contributed by atoms with Gasteiger partial charge in [0.2, 0.25) is 0 Å². The predicted octanol–water partition coefficient (Wildman–Crippen LogP) is 2.80. The molecule has 0 aliphatic carbocycles. The van der Waals surface area contributed by atoms with Gasteiger partial charge in [0.05, 0.1) is 12.4 Å². The molecule has 3 N–H and O–H groups in total. The van der Waals surface area contributed by atoms with E-state index in [1.165, 1.54) is 11.8 Å². The van der Waals surface area contributed by atoms with Gasteiger partial charge < -0.3 is 16.0 Å². The second-order valence-corrected chi connectivity index (χ2v) is 6.74. The maximum Gasteiger partial charge on any atom is 0.270 e. The second kappa shape index (κ2) is 7.53. The zero-order valence-electron chi connectivity index (χ0n) is 15.4. The summed E-state index contributed by atoms with van der Waals surface area (Å²) in [6, 6.07) is 14.6. The molecule has 1 aliphatic heterocycles. The summed E-state index contributed by atoms with van der Waals surface area (Å²) in [6.07, 6.45) is 0.197. The lowest BCUT2D eigenvalue weighted by Crippen LogP contribution is -2.40. The van der Waals surface area contributed by atoms with Gasteiger partial charge in [0.15, 0.2) is 0 Å². The third kappa shape index (κ3) is 3.95. The standard InChI is InChI=1S/C21H22N4O2/c1-13-5-3-4-6-18(13)15-7-9-16(10-8-15)21(27)25-12-17(23)11-19(25)20(26)24-14(2)22/h3-10,19,23H,11-12H2,1-2H3,(H2,22,24,26)/t19-/m0/s1. The van der Waals surface area contributed by atoms with Crippen LogP contribution in [0.5, 0.6) is 0 Å². The summed E-state index contributed by atoms with van der Waals surface area (Å²) in [4.78, 5) is 30.3. The van der Waals surface area contributed by atoms with Crippen molar-refractivity contribution in [2.75, 3.05) is 6.54 Å². The molecule has 6 nitrogen and oxygen atoms in total. The van der Waals surface area contributed by atoms with E-state index in [0.29, 0.717) is 11.3 Å². The number of amides is 2. The summed E-state index contributed by atoms with van der Waals surface area (Å²) in [7, 11) is 0. The normalized spacial score (nSPS) is 17.3. The highest BCUT2D eigenvalue weighted by atomic mass is 16.2. The van der Waals surface area contributed by atoms with E-state index in [-0.39, 0.29) is 24.7 Å². The SMILES string of the molecule is CC(N)=NC(=O)[C@@H]1CC(=N)CN1C(=O)c1ccc(-c2ccccc2C)cc1. The third-order valence-corrected chi connectivity index (χ3v) is 4.60. The first kappa shape index (κ1) is 18.5. The molecular formula is C21H22N4O2. The molecule has 0 aromatic heterocycles. The maximum absolute atomic E-state index is 12.9. The lowest BCUT2D eigenvalue weighted by Gasteiger charge is -2.21. The summed E-state index contributed by atoms with van der Waals surface area (Å²) in [6.45, 7) is 3.70. The molecule has 1 saturated heterocycles. The first-order chi connectivity index (χ1) is 12.9. The molecule has 1 fully saturated rings. The van der Waals surface area contributed by atoms with Gasteiger partial charge in [0, 0.05) is 17.7 Å². The summed E-state index contributed by atoms with van der Waals surface area (Å²) in [5, 5.41) is 7.89. The molecule has 27 heavy (non-hydrogen) atoms. The molecule has 0 unspecified atom stereocenters. The highest BCUT2D eigenvalue weighted by molar-refractivity contribution is 6.06. The Balaban J connectivity index is 1.84. The summed E-state index contributed by atoms with van der Waals surface area (Å²) < 4.78 is 0. The largest absolute Gasteiger partial charge is 0.387 e. The molecule has 1 heterocycles. The number of nitrogens with two attached hydrogens (primary N) is 1. The van der Waals surface area contributed by atoms with Gasteiger partial charge in [-0.25, -0.2) is 0 Å². The van der Waals surface area contributed by atoms with Crippen molar-refractivity contribution in [1.82, 2.24) is 4.90 Å². The van der Waals surface area contributed by atoms with Crippen LogP contribution in [0.15, 0.2) is 53.5 Å². The number of carbonyl (C=O) groups is 2. The van der Waals surface area contributed by atoms with Crippen molar-refractivity contribution in [2.24, 2.45) is 10.7 Å².